The van der Waals surface area contributed by atoms with Crippen molar-refractivity contribution in [3.05, 3.63) is 66.2 Å². The van der Waals surface area contributed by atoms with Gasteiger partial charge in [-0.25, -0.2) is 9.78 Å². The lowest BCUT2D eigenvalue weighted by atomic mass is 9.99. The van der Waals surface area contributed by atoms with Gasteiger partial charge >= 0.3 is 5.97 Å². The Morgan fingerprint density at radius 1 is 0.917 bits per heavy atom. The summed E-state index contributed by atoms with van der Waals surface area (Å²) < 4.78 is 0. The maximum atomic E-state index is 12.6. The van der Waals surface area contributed by atoms with Gasteiger partial charge in [0.2, 0.25) is 0 Å². The Hall–Kier alpha value is -2.98. The van der Waals surface area contributed by atoms with Crippen molar-refractivity contribution < 1.29 is 14.6 Å². The van der Waals surface area contributed by atoms with Crippen LogP contribution in [-0.2, 0) is 9.78 Å². The molecule has 0 fully saturated rings. The quantitative estimate of drug-likeness (QED) is 0.313. The molecule has 0 aliphatic carbocycles. The Balaban J connectivity index is 2.09. The van der Waals surface area contributed by atoms with Crippen LogP contribution in [0, 0.1) is 0 Å². The third-order valence-corrected chi connectivity index (χ3v) is 4.00. The highest BCUT2D eigenvalue weighted by molar-refractivity contribution is 6.16. The van der Waals surface area contributed by atoms with Gasteiger partial charge in [-0.15, -0.1) is 0 Å². The number of fused-ring (bicyclic) bond motifs is 3. The second kappa shape index (κ2) is 5.91. The van der Waals surface area contributed by atoms with E-state index in [2.05, 4.69) is 0 Å². The van der Waals surface area contributed by atoms with Crippen LogP contribution in [0.5, 0.6) is 0 Å². The van der Waals surface area contributed by atoms with Crippen LogP contribution in [0.15, 0.2) is 60.7 Å². The van der Waals surface area contributed by atoms with Crippen molar-refractivity contribution in [1.29, 1.82) is 0 Å². The Labute approximate surface area is 138 Å². The van der Waals surface area contributed by atoms with E-state index in [0.717, 1.165) is 32.6 Å². The number of carbonyl (C=O) groups is 1. The van der Waals surface area contributed by atoms with Gasteiger partial charge in [0, 0.05) is 10.8 Å². The van der Waals surface area contributed by atoms with Gasteiger partial charge in [0.25, 0.3) is 0 Å². The average molecular weight is 317 g/mol. The molecular weight excluding hydrogens is 302 g/mol. The third kappa shape index (κ3) is 2.37. The summed E-state index contributed by atoms with van der Waals surface area (Å²) in [5.74, 6) is -0.504. The minimum absolute atomic E-state index is 0.301. The average Bonchev–Trinajstić information content (AvgIpc) is 2.62. The number of aromatic nitrogens is 1. The Morgan fingerprint density at radius 2 is 1.62 bits per heavy atom. The van der Waals surface area contributed by atoms with Gasteiger partial charge in [-0.1, -0.05) is 42.5 Å². The summed E-state index contributed by atoms with van der Waals surface area (Å²) in [5.41, 5.74) is 1.99. The summed E-state index contributed by atoms with van der Waals surface area (Å²) in [7, 11) is 0. The lowest BCUT2D eigenvalue weighted by molar-refractivity contribution is -0.236. The summed E-state index contributed by atoms with van der Waals surface area (Å²) >= 11 is 0. The summed E-state index contributed by atoms with van der Waals surface area (Å²) in [4.78, 5) is 27.1. The maximum Gasteiger partial charge on any atom is 0.374 e. The number of pyridine rings is 1. The Kier molecular flexibility index (Phi) is 3.59. The minimum atomic E-state index is -0.504. The highest BCUT2D eigenvalue weighted by Gasteiger charge is 2.18. The molecule has 0 saturated carbocycles. The van der Waals surface area contributed by atoms with E-state index in [9.17, 15) is 4.79 Å². The Bertz CT molecular complexity index is 1070. The zero-order chi connectivity index (χ0) is 16.5. The standard InChI is InChI=1S/C20H15NO3/c1-2-23-24-20(22)19-15-9-5-6-10-17(15)21-18-12-14-8-4-3-7-13(14)11-16(18)19/h3-12H,2H2,1H3. The summed E-state index contributed by atoms with van der Waals surface area (Å²) in [6, 6.07) is 19.5. The first-order chi connectivity index (χ1) is 11.8. The van der Waals surface area contributed by atoms with Crippen molar-refractivity contribution in [2.45, 2.75) is 6.92 Å². The van der Waals surface area contributed by atoms with E-state index in [4.69, 9.17) is 14.8 Å². The van der Waals surface area contributed by atoms with E-state index < -0.39 is 5.97 Å². The highest BCUT2D eigenvalue weighted by atomic mass is 17.2. The predicted molar refractivity (Wildman–Crippen MR) is 93.8 cm³/mol. The summed E-state index contributed by atoms with van der Waals surface area (Å²) in [6.45, 7) is 2.07. The van der Waals surface area contributed by atoms with E-state index >= 15 is 0 Å². The zero-order valence-corrected chi connectivity index (χ0v) is 13.2. The van der Waals surface area contributed by atoms with Crippen LogP contribution in [0.1, 0.15) is 17.3 Å². The molecule has 0 amide bonds. The van der Waals surface area contributed by atoms with Crippen LogP contribution < -0.4 is 0 Å². The van der Waals surface area contributed by atoms with Crippen LogP contribution in [0.4, 0.5) is 0 Å². The summed E-state index contributed by atoms with van der Waals surface area (Å²) in [5, 5.41) is 3.64. The SMILES string of the molecule is CCOOC(=O)c1c2ccccc2nc2cc3ccccc3cc12. The van der Waals surface area contributed by atoms with E-state index in [0.29, 0.717) is 12.2 Å². The van der Waals surface area contributed by atoms with Gasteiger partial charge < -0.3 is 0 Å². The fraction of sp³-hybridized carbons (Fsp3) is 0.100. The van der Waals surface area contributed by atoms with Crippen molar-refractivity contribution in [3.8, 4) is 0 Å². The van der Waals surface area contributed by atoms with Crippen molar-refractivity contribution in [1.82, 2.24) is 4.98 Å². The van der Waals surface area contributed by atoms with Gasteiger partial charge in [0.15, 0.2) is 0 Å². The monoisotopic (exact) mass is 317 g/mol. The summed E-state index contributed by atoms with van der Waals surface area (Å²) in [6.07, 6.45) is 0. The molecule has 0 N–H and O–H groups in total. The molecule has 0 atom stereocenters. The fourth-order valence-corrected chi connectivity index (χ4v) is 2.95. The van der Waals surface area contributed by atoms with Crippen LogP contribution in [0.2, 0.25) is 0 Å². The first-order valence-corrected chi connectivity index (χ1v) is 7.83. The highest BCUT2D eigenvalue weighted by Crippen LogP contribution is 2.30. The van der Waals surface area contributed by atoms with Crippen LogP contribution in [0.25, 0.3) is 32.6 Å². The molecule has 1 heterocycles. The van der Waals surface area contributed by atoms with Crippen molar-refractivity contribution in [2.24, 2.45) is 0 Å². The number of rotatable bonds is 3. The number of hydrogen-bond donors (Lipinski definition) is 0. The molecule has 4 aromatic rings. The van der Waals surface area contributed by atoms with Crippen molar-refractivity contribution in [2.75, 3.05) is 6.61 Å². The molecule has 0 saturated heterocycles. The third-order valence-electron chi connectivity index (χ3n) is 4.00. The molecule has 0 spiro atoms. The Morgan fingerprint density at radius 3 is 2.42 bits per heavy atom. The number of para-hydroxylation sites is 1. The maximum absolute atomic E-state index is 12.6. The molecule has 3 aromatic carbocycles. The van der Waals surface area contributed by atoms with Gasteiger partial charge in [-0.3, -0.25) is 4.89 Å². The van der Waals surface area contributed by atoms with Gasteiger partial charge in [-0.05, 0) is 35.9 Å². The van der Waals surface area contributed by atoms with E-state index in [-0.39, 0.29) is 0 Å². The normalized spacial score (nSPS) is 11.2. The molecule has 4 rings (SSSR count). The zero-order valence-electron chi connectivity index (χ0n) is 13.2. The number of nitrogens with zero attached hydrogens (tertiary/aromatic N) is 1. The number of hydrogen-bond acceptors (Lipinski definition) is 4. The fourth-order valence-electron chi connectivity index (χ4n) is 2.95. The molecule has 24 heavy (non-hydrogen) atoms. The number of benzene rings is 3. The van der Waals surface area contributed by atoms with E-state index in [1.807, 2.05) is 60.7 Å². The van der Waals surface area contributed by atoms with Crippen LogP contribution in [-0.4, -0.2) is 17.6 Å². The second-order valence-corrected chi connectivity index (χ2v) is 5.50. The molecule has 0 unspecified atom stereocenters. The van der Waals surface area contributed by atoms with E-state index in [1.165, 1.54) is 0 Å². The lowest BCUT2D eigenvalue weighted by Gasteiger charge is -2.10. The molecule has 1 aromatic heterocycles. The topological polar surface area (TPSA) is 48.4 Å². The first kappa shape index (κ1) is 14.6. The molecule has 0 aliphatic heterocycles. The number of carbonyl (C=O) groups excluding carboxylic acids is 1. The van der Waals surface area contributed by atoms with Gasteiger partial charge in [0.05, 0.1) is 23.2 Å². The van der Waals surface area contributed by atoms with Gasteiger partial charge in [0.1, 0.15) is 0 Å². The molecule has 4 nitrogen and oxygen atoms in total. The largest absolute Gasteiger partial charge is 0.374 e. The first-order valence-electron chi connectivity index (χ1n) is 7.83. The molecule has 4 heteroatoms. The smallest absolute Gasteiger partial charge is 0.293 e. The predicted octanol–water partition coefficient (Wildman–Crippen LogP) is 4.65. The van der Waals surface area contributed by atoms with Gasteiger partial charge in [-0.2, -0.15) is 4.89 Å². The van der Waals surface area contributed by atoms with E-state index in [1.54, 1.807) is 6.92 Å². The van der Waals surface area contributed by atoms with Crippen LogP contribution in [0.3, 0.4) is 0 Å². The molecule has 118 valence electrons. The minimum Gasteiger partial charge on any atom is -0.293 e. The molecule has 0 radical (unpaired) electrons. The second-order valence-electron chi connectivity index (χ2n) is 5.50. The van der Waals surface area contributed by atoms with Crippen LogP contribution >= 0.6 is 0 Å². The lowest BCUT2D eigenvalue weighted by Crippen LogP contribution is -2.08. The molecule has 0 aliphatic rings. The van der Waals surface area contributed by atoms with Crippen molar-refractivity contribution in [3.63, 3.8) is 0 Å². The molecule has 0 bridgehead atoms. The molecular formula is C20H15NO3. The van der Waals surface area contributed by atoms with Crippen molar-refractivity contribution >= 4 is 38.5 Å².